The van der Waals surface area contributed by atoms with Gasteiger partial charge in [0.05, 0.1) is 56.4 Å². The summed E-state index contributed by atoms with van der Waals surface area (Å²) in [4.78, 5) is 42.5. The molecule has 1 fully saturated rings. The van der Waals surface area contributed by atoms with Gasteiger partial charge in [-0.1, -0.05) is 80.1 Å². The fourth-order valence-electron chi connectivity index (χ4n) is 6.05. The lowest BCUT2D eigenvalue weighted by Crippen LogP contribution is -2.33. The quantitative estimate of drug-likeness (QED) is 0.0333. The van der Waals surface area contributed by atoms with E-state index < -0.39 is 17.3 Å². The fraction of sp³-hybridized carbons (Fsp3) is 0.471. The van der Waals surface area contributed by atoms with E-state index in [9.17, 15) is 14.4 Å². The van der Waals surface area contributed by atoms with E-state index in [0.29, 0.717) is 91.2 Å². The molecule has 3 aromatic rings. The summed E-state index contributed by atoms with van der Waals surface area (Å²) >= 11 is 0. The highest BCUT2D eigenvalue weighted by molar-refractivity contribution is 6.51. The van der Waals surface area contributed by atoms with Crippen molar-refractivity contribution in [3.05, 3.63) is 89.9 Å². The Kier molecular flexibility index (Phi) is 22.0. The predicted octanol–water partition coefficient (Wildman–Crippen LogP) is 11.8. The molecule has 1 aliphatic carbocycles. The number of rotatable bonds is 30. The highest BCUT2D eigenvalue weighted by atomic mass is 16.5. The van der Waals surface area contributed by atoms with Crippen molar-refractivity contribution in [2.24, 2.45) is 0 Å². The molecule has 1 saturated carbocycles. The summed E-state index contributed by atoms with van der Waals surface area (Å²) in [5.74, 6) is 1.27. The number of hydrogen-bond donors (Lipinski definition) is 3. The van der Waals surface area contributed by atoms with Crippen molar-refractivity contribution in [1.29, 1.82) is 0 Å². The zero-order valence-electron chi connectivity index (χ0n) is 38.3. The molecular weight excluding hydrogens is 799 g/mol. The van der Waals surface area contributed by atoms with Crippen LogP contribution in [0, 0.1) is 0 Å². The standard InChI is InChI=1S/C51H69N3O9/c1-7-13-25-58-43-22-19-37(31-46(43)61-28-16-10-4)52-34-40-49(55)41(35-53-38-20-23-44(59-26-14-8-2)47(32-38)62-29-17-11-5)51(57)42(50(40)56)36-54-39-21-24-45(60-27-15-9-3)48(33-39)63-30-18-12-6/h19-24,31-36,52-54H,7-18,25-30H2,1-6H3. The van der Waals surface area contributed by atoms with Gasteiger partial charge in [-0.2, -0.15) is 0 Å². The van der Waals surface area contributed by atoms with Crippen LogP contribution in [0.2, 0.25) is 0 Å². The van der Waals surface area contributed by atoms with Crippen LogP contribution >= 0.6 is 0 Å². The van der Waals surface area contributed by atoms with E-state index >= 15 is 0 Å². The van der Waals surface area contributed by atoms with E-state index in [1.165, 1.54) is 18.6 Å². The van der Waals surface area contributed by atoms with Crippen LogP contribution in [0.1, 0.15) is 119 Å². The minimum atomic E-state index is -0.736. The molecule has 0 radical (unpaired) electrons. The van der Waals surface area contributed by atoms with Gasteiger partial charge in [0.1, 0.15) is 0 Å². The van der Waals surface area contributed by atoms with Gasteiger partial charge in [0, 0.05) is 53.9 Å². The van der Waals surface area contributed by atoms with Gasteiger partial charge in [0.2, 0.25) is 17.3 Å². The number of nitrogens with one attached hydrogen (secondary N) is 3. The number of ketones is 3. The molecule has 0 unspecified atom stereocenters. The lowest BCUT2D eigenvalue weighted by molar-refractivity contribution is -0.124. The van der Waals surface area contributed by atoms with Crippen molar-refractivity contribution < 1.29 is 42.8 Å². The third kappa shape index (κ3) is 15.7. The molecule has 0 amide bonds. The Hall–Kier alpha value is -5.91. The van der Waals surface area contributed by atoms with Crippen molar-refractivity contribution >= 4 is 34.4 Å². The highest BCUT2D eigenvalue weighted by Gasteiger charge is 2.38. The summed E-state index contributed by atoms with van der Waals surface area (Å²) in [5.41, 5.74) is 1.03. The highest BCUT2D eigenvalue weighted by Crippen LogP contribution is 2.35. The van der Waals surface area contributed by atoms with Crippen LogP contribution < -0.4 is 44.4 Å². The van der Waals surface area contributed by atoms with Crippen molar-refractivity contribution in [3.8, 4) is 34.5 Å². The number of ether oxygens (including phenoxy) is 6. The predicted molar refractivity (Wildman–Crippen MR) is 252 cm³/mol. The van der Waals surface area contributed by atoms with Gasteiger partial charge >= 0.3 is 0 Å². The summed E-state index contributed by atoms with van der Waals surface area (Å²) in [7, 11) is 0. The lowest BCUT2D eigenvalue weighted by Gasteiger charge is -2.19. The average Bonchev–Trinajstić information content (AvgIpc) is 3.28. The van der Waals surface area contributed by atoms with Crippen molar-refractivity contribution in [3.63, 3.8) is 0 Å². The smallest absolute Gasteiger partial charge is 0.203 e. The molecule has 63 heavy (non-hydrogen) atoms. The number of carbonyl (C=O) groups excluding carboxylic acids is 3. The van der Waals surface area contributed by atoms with Crippen LogP contribution in [-0.2, 0) is 14.4 Å². The summed E-state index contributed by atoms with van der Waals surface area (Å²) in [6, 6.07) is 16.1. The molecule has 3 aromatic carbocycles. The number of allylic oxidation sites excluding steroid dienone is 3. The zero-order valence-corrected chi connectivity index (χ0v) is 38.3. The average molecular weight is 868 g/mol. The summed E-state index contributed by atoms with van der Waals surface area (Å²) in [6.07, 6.45) is 15.2. The first-order chi connectivity index (χ1) is 30.8. The molecule has 342 valence electrons. The SMILES string of the molecule is CCCCOc1ccc(NC=C2C(=O)C(=CNc3ccc(OCCCC)c(OCCCC)c3)C(=O)C(=CNc3ccc(OCCCC)c(OCCCC)c3)C2=O)cc1OCCCC. The van der Waals surface area contributed by atoms with Crippen LogP contribution in [0.15, 0.2) is 89.9 Å². The topological polar surface area (TPSA) is 143 Å². The van der Waals surface area contributed by atoms with E-state index in [1.54, 1.807) is 54.6 Å². The molecule has 12 heteroatoms. The molecule has 0 spiro atoms. The molecule has 12 nitrogen and oxygen atoms in total. The maximum Gasteiger partial charge on any atom is 0.203 e. The van der Waals surface area contributed by atoms with E-state index in [0.717, 1.165) is 77.0 Å². The van der Waals surface area contributed by atoms with Gasteiger partial charge in [-0.15, -0.1) is 0 Å². The maximum absolute atomic E-state index is 14.2. The fourth-order valence-corrected chi connectivity index (χ4v) is 6.05. The van der Waals surface area contributed by atoms with E-state index in [2.05, 4.69) is 57.5 Å². The second-order valence-electron chi connectivity index (χ2n) is 15.3. The van der Waals surface area contributed by atoms with Gasteiger partial charge in [0.25, 0.3) is 0 Å². The molecule has 0 aliphatic heterocycles. The van der Waals surface area contributed by atoms with Crippen LogP contribution in [0.4, 0.5) is 17.1 Å². The first kappa shape index (κ1) is 49.7. The number of hydrogen-bond acceptors (Lipinski definition) is 12. The molecule has 4 rings (SSSR count). The monoisotopic (exact) mass is 868 g/mol. The van der Waals surface area contributed by atoms with Gasteiger partial charge in [-0.3, -0.25) is 14.4 Å². The van der Waals surface area contributed by atoms with E-state index in [1.807, 2.05) is 0 Å². The first-order valence-electron chi connectivity index (χ1n) is 23.0. The van der Waals surface area contributed by atoms with Gasteiger partial charge in [0.15, 0.2) is 34.5 Å². The summed E-state index contributed by atoms with van der Waals surface area (Å²) in [6.45, 7) is 15.7. The largest absolute Gasteiger partial charge is 0.490 e. The Morgan fingerprint density at radius 3 is 0.794 bits per heavy atom. The molecular formula is C51H69N3O9. The number of Topliss-reactive ketones (excluding diaryl/α,β-unsaturated/α-hetero) is 3. The third-order valence-corrected chi connectivity index (χ3v) is 9.98. The number of anilines is 3. The van der Waals surface area contributed by atoms with Gasteiger partial charge in [-0.25, -0.2) is 0 Å². The van der Waals surface area contributed by atoms with E-state index in [4.69, 9.17) is 28.4 Å². The first-order valence-corrected chi connectivity index (χ1v) is 23.0. The minimum absolute atomic E-state index is 0.223. The Balaban J connectivity index is 1.71. The minimum Gasteiger partial charge on any atom is -0.490 e. The lowest BCUT2D eigenvalue weighted by atomic mass is 9.84. The second-order valence-corrected chi connectivity index (χ2v) is 15.3. The molecule has 0 atom stereocenters. The summed E-state index contributed by atoms with van der Waals surface area (Å²) in [5, 5.41) is 9.35. The Labute approximate surface area is 374 Å². The maximum atomic E-state index is 14.2. The summed E-state index contributed by atoms with van der Waals surface area (Å²) < 4.78 is 36.3. The normalized spacial score (nSPS) is 12.5. The Morgan fingerprint density at radius 1 is 0.349 bits per heavy atom. The zero-order chi connectivity index (χ0) is 45.2. The van der Waals surface area contributed by atoms with Gasteiger partial charge < -0.3 is 44.4 Å². The number of unbranched alkanes of at least 4 members (excludes halogenated alkanes) is 6. The second kappa shape index (κ2) is 27.9. The van der Waals surface area contributed by atoms with Crippen LogP contribution in [0.3, 0.4) is 0 Å². The van der Waals surface area contributed by atoms with Crippen LogP contribution in [0.25, 0.3) is 0 Å². The molecule has 0 saturated heterocycles. The Morgan fingerprint density at radius 2 is 0.571 bits per heavy atom. The van der Waals surface area contributed by atoms with Crippen LogP contribution in [-0.4, -0.2) is 57.0 Å². The molecule has 0 bridgehead atoms. The molecule has 1 aliphatic rings. The third-order valence-electron chi connectivity index (χ3n) is 9.98. The Bertz CT molecular complexity index is 1770. The molecule has 0 heterocycles. The molecule has 3 N–H and O–H groups in total. The van der Waals surface area contributed by atoms with Crippen molar-refractivity contribution in [1.82, 2.24) is 0 Å². The number of carbonyl (C=O) groups is 3. The van der Waals surface area contributed by atoms with Crippen molar-refractivity contribution in [2.75, 3.05) is 55.6 Å². The number of benzene rings is 3. The van der Waals surface area contributed by atoms with E-state index in [-0.39, 0.29) is 16.7 Å². The van der Waals surface area contributed by atoms with Crippen LogP contribution in [0.5, 0.6) is 34.5 Å². The van der Waals surface area contributed by atoms with Gasteiger partial charge in [-0.05, 0) is 74.9 Å². The van der Waals surface area contributed by atoms with Crippen molar-refractivity contribution in [2.45, 2.75) is 119 Å². The molecule has 0 aromatic heterocycles.